The number of benzene rings is 3. The van der Waals surface area contributed by atoms with E-state index in [1.165, 1.54) is 17.0 Å². The summed E-state index contributed by atoms with van der Waals surface area (Å²) in [7, 11) is -4.15. The third-order valence-corrected chi connectivity index (χ3v) is 9.31. The van der Waals surface area contributed by atoms with Gasteiger partial charge in [-0.15, -0.1) is 0 Å². The maximum atomic E-state index is 14.2. The van der Waals surface area contributed by atoms with E-state index in [4.69, 9.17) is 11.6 Å². The summed E-state index contributed by atoms with van der Waals surface area (Å²) in [6, 6.07) is 18.2. The highest BCUT2D eigenvalue weighted by Gasteiger charge is 2.34. The smallest absolute Gasteiger partial charge is 0.264 e. The maximum Gasteiger partial charge on any atom is 0.264 e. The van der Waals surface area contributed by atoms with Crippen LogP contribution in [0.15, 0.2) is 71.6 Å². The van der Waals surface area contributed by atoms with Gasteiger partial charge >= 0.3 is 0 Å². The minimum atomic E-state index is -4.15. The van der Waals surface area contributed by atoms with Crippen LogP contribution >= 0.6 is 11.6 Å². The Bertz CT molecular complexity index is 1470. The number of hydrogen-bond acceptors (Lipinski definition) is 4. The highest BCUT2D eigenvalue weighted by atomic mass is 35.5. The SMILES string of the molecule is CC[C@@H](C)NC(=O)[C@@H](CC)N(Cc1ccccc1C)C(=O)CN(c1ccc(Cl)cc1C)S(=O)(=O)c1ccc(C)cc1. The van der Waals surface area contributed by atoms with E-state index in [1.807, 2.05) is 58.9 Å². The fraction of sp³-hybridized carbons (Fsp3) is 0.375. The topological polar surface area (TPSA) is 86.8 Å². The molecular weight excluding hydrogens is 558 g/mol. The number of nitrogens with zero attached hydrogens (tertiary/aromatic N) is 2. The summed E-state index contributed by atoms with van der Waals surface area (Å²) in [6.45, 7) is 11.0. The monoisotopic (exact) mass is 597 g/mol. The van der Waals surface area contributed by atoms with E-state index in [0.717, 1.165) is 27.4 Å². The van der Waals surface area contributed by atoms with Crippen molar-refractivity contribution in [3.05, 3.63) is 94.0 Å². The fourth-order valence-electron chi connectivity index (χ4n) is 4.58. The number of carbonyl (C=O) groups is 2. The lowest BCUT2D eigenvalue weighted by Crippen LogP contribution is -2.53. The number of sulfonamides is 1. The first-order chi connectivity index (χ1) is 19.4. The van der Waals surface area contributed by atoms with Gasteiger partial charge in [0.1, 0.15) is 12.6 Å². The molecule has 0 unspecified atom stereocenters. The Morgan fingerprint density at radius 2 is 1.56 bits per heavy atom. The number of amides is 2. The summed E-state index contributed by atoms with van der Waals surface area (Å²) in [5, 5.41) is 3.46. The third-order valence-electron chi connectivity index (χ3n) is 7.30. The number of aryl methyl sites for hydroxylation is 3. The first-order valence-corrected chi connectivity index (χ1v) is 15.7. The van der Waals surface area contributed by atoms with Gasteiger partial charge in [0.15, 0.2) is 0 Å². The summed E-state index contributed by atoms with van der Waals surface area (Å²) in [5.74, 6) is -0.746. The number of nitrogens with one attached hydrogen (secondary N) is 1. The van der Waals surface area contributed by atoms with Gasteiger partial charge in [0.2, 0.25) is 11.8 Å². The molecule has 3 rings (SSSR count). The van der Waals surface area contributed by atoms with Crippen molar-refractivity contribution in [1.29, 1.82) is 0 Å². The maximum absolute atomic E-state index is 14.2. The first-order valence-electron chi connectivity index (χ1n) is 13.9. The molecule has 0 saturated carbocycles. The van der Waals surface area contributed by atoms with Crippen LogP contribution in [0.1, 0.15) is 55.9 Å². The van der Waals surface area contributed by atoms with Crippen molar-refractivity contribution in [2.45, 2.75) is 77.9 Å². The number of hydrogen-bond donors (Lipinski definition) is 1. The lowest BCUT2D eigenvalue weighted by atomic mass is 10.1. The zero-order chi connectivity index (χ0) is 30.3. The van der Waals surface area contributed by atoms with Crippen molar-refractivity contribution < 1.29 is 18.0 Å². The lowest BCUT2D eigenvalue weighted by molar-refractivity contribution is -0.140. The Kier molecular flexibility index (Phi) is 11.0. The average molecular weight is 598 g/mol. The summed E-state index contributed by atoms with van der Waals surface area (Å²) in [5.41, 5.74) is 3.72. The average Bonchev–Trinajstić information content (AvgIpc) is 2.93. The third kappa shape index (κ3) is 7.89. The zero-order valence-corrected chi connectivity index (χ0v) is 26.2. The van der Waals surface area contributed by atoms with E-state index in [-0.39, 0.29) is 23.4 Å². The Morgan fingerprint density at radius 3 is 2.15 bits per heavy atom. The van der Waals surface area contributed by atoms with Crippen LogP contribution in [-0.4, -0.2) is 43.8 Å². The van der Waals surface area contributed by atoms with Gasteiger partial charge in [0, 0.05) is 17.6 Å². The van der Waals surface area contributed by atoms with Crippen molar-refractivity contribution in [2.24, 2.45) is 0 Å². The number of halogens is 1. The summed E-state index contributed by atoms with van der Waals surface area (Å²) < 4.78 is 29.2. The van der Waals surface area contributed by atoms with Gasteiger partial charge in [-0.2, -0.15) is 0 Å². The zero-order valence-electron chi connectivity index (χ0n) is 24.6. The van der Waals surface area contributed by atoms with Crippen LogP contribution in [0.2, 0.25) is 5.02 Å². The van der Waals surface area contributed by atoms with Crippen molar-refractivity contribution in [3.63, 3.8) is 0 Å². The van der Waals surface area contributed by atoms with Gasteiger partial charge in [0.05, 0.1) is 10.6 Å². The van der Waals surface area contributed by atoms with E-state index in [1.54, 1.807) is 37.3 Å². The molecule has 0 aliphatic heterocycles. The highest BCUT2D eigenvalue weighted by molar-refractivity contribution is 7.92. The molecule has 0 fully saturated rings. The predicted octanol–water partition coefficient (Wildman–Crippen LogP) is 6.18. The van der Waals surface area contributed by atoms with Gasteiger partial charge in [-0.05, 0) is 87.6 Å². The van der Waals surface area contributed by atoms with Crippen LogP contribution < -0.4 is 9.62 Å². The molecule has 41 heavy (non-hydrogen) atoms. The van der Waals surface area contributed by atoms with E-state index >= 15 is 0 Å². The minimum absolute atomic E-state index is 0.0669. The van der Waals surface area contributed by atoms with E-state index in [0.29, 0.717) is 22.7 Å². The second-order valence-electron chi connectivity index (χ2n) is 10.4. The van der Waals surface area contributed by atoms with Crippen molar-refractivity contribution in [3.8, 4) is 0 Å². The minimum Gasteiger partial charge on any atom is -0.352 e. The highest BCUT2D eigenvalue weighted by Crippen LogP contribution is 2.30. The first kappa shape index (κ1) is 32.2. The number of rotatable bonds is 12. The Labute approximate surface area is 249 Å². The molecule has 7 nitrogen and oxygen atoms in total. The predicted molar refractivity (Wildman–Crippen MR) is 166 cm³/mol. The van der Waals surface area contributed by atoms with Crippen LogP contribution in [0.5, 0.6) is 0 Å². The summed E-state index contributed by atoms with van der Waals surface area (Å²) >= 11 is 6.19. The summed E-state index contributed by atoms with van der Waals surface area (Å²) in [4.78, 5) is 29.2. The number of carbonyl (C=O) groups excluding carboxylic acids is 2. The molecule has 3 aromatic rings. The van der Waals surface area contributed by atoms with E-state index in [2.05, 4.69) is 5.32 Å². The van der Waals surface area contributed by atoms with Crippen molar-refractivity contribution >= 4 is 39.1 Å². The largest absolute Gasteiger partial charge is 0.352 e. The second-order valence-corrected chi connectivity index (χ2v) is 12.7. The lowest BCUT2D eigenvalue weighted by Gasteiger charge is -2.34. The molecule has 3 aromatic carbocycles. The molecule has 0 heterocycles. The number of anilines is 1. The van der Waals surface area contributed by atoms with Gasteiger partial charge < -0.3 is 10.2 Å². The van der Waals surface area contributed by atoms with Gasteiger partial charge in [0.25, 0.3) is 10.0 Å². The quantitative estimate of drug-likeness (QED) is 0.270. The van der Waals surface area contributed by atoms with Crippen LogP contribution in [-0.2, 0) is 26.2 Å². The van der Waals surface area contributed by atoms with Crippen LogP contribution in [0.4, 0.5) is 5.69 Å². The van der Waals surface area contributed by atoms with Crippen LogP contribution in [0, 0.1) is 20.8 Å². The molecule has 0 bridgehead atoms. The standard InChI is InChI=1S/C32H40ClN3O4S/c1-7-25(6)34-32(38)29(8-2)35(20-26-12-10-9-11-23(26)4)31(37)21-36(30-18-15-27(33)19-24(30)5)41(39,40)28-16-13-22(3)14-17-28/h9-19,25,29H,7-8,20-21H2,1-6H3,(H,34,38)/t25-,29-/m1/s1. The Hall–Kier alpha value is -3.36. The normalized spacial score (nSPS) is 12.9. The molecule has 0 aliphatic carbocycles. The van der Waals surface area contributed by atoms with Crippen LogP contribution in [0.25, 0.3) is 0 Å². The van der Waals surface area contributed by atoms with Gasteiger partial charge in [-0.1, -0.05) is 67.4 Å². The molecule has 9 heteroatoms. The molecule has 220 valence electrons. The molecule has 0 saturated heterocycles. The molecule has 1 N–H and O–H groups in total. The molecule has 2 amide bonds. The van der Waals surface area contributed by atoms with Gasteiger partial charge in [-0.3, -0.25) is 13.9 Å². The van der Waals surface area contributed by atoms with Crippen LogP contribution in [0.3, 0.4) is 0 Å². The summed E-state index contributed by atoms with van der Waals surface area (Å²) in [6.07, 6.45) is 1.11. The molecule has 0 radical (unpaired) electrons. The fourth-order valence-corrected chi connectivity index (χ4v) is 6.29. The molecule has 0 aliphatic rings. The van der Waals surface area contributed by atoms with Gasteiger partial charge in [-0.25, -0.2) is 8.42 Å². The van der Waals surface area contributed by atoms with E-state index in [9.17, 15) is 18.0 Å². The molecule has 0 spiro atoms. The van der Waals surface area contributed by atoms with E-state index < -0.39 is 28.5 Å². The van der Waals surface area contributed by atoms with Crippen molar-refractivity contribution in [1.82, 2.24) is 10.2 Å². The van der Waals surface area contributed by atoms with Crippen molar-refractivity contribution in [2.75, 3.05) is 10.8 Å². The Balaban J connectivity index is 2.10. The molecule has 0 aromatic heterocycles. The second kappa shape index (κ2) is 14.0. The molecular formula is C32H40ClN3O4S. The Morgan fingerprint density at radius 1 is 0.902 bits per heavy atom. The molecule has 2 atom stereocenters.